The van der Waals surface area contributed by atoms with E-state index in [-0.39, 0.29) is 5.63 Å². The molecule has 0 atom stereocenters. The molecule has 6 heteroatoms. The molecule has 3 aromatic rings. The molecule has 0 saturated heterocycles. The molecule has 6 nitrogen and oxygen atoms in total. The van der Waals surface area contributed by atoms with Crippen molar-refractivity contribution in [1.82, 2.24) is 0 Å². The quantitative estimate of drug-likeness (QED) is 0.234. The number of benzene rings is 2. The molecule has 0 unspecified atom stereocenters. The number of hydrogen-bond acceptors (Lipinski definition) is 6. The van der Waals surface area contributed by atoms with Crippen LogP contribution >= 0.6 is 0 Å². The maximum absolute atomic E-state index is 12.7. The number of aryl methyl sites for hydroxylation is 2. The Kier molecular flexibility index (Phi) is 8.21. The Hall–Kier alpha value is -3.15. The minimum atomic E-state index is -0.210. The number of rotatable bonds is 11. The van der Waals surface area contributed by atoms with Gasteiger partial charge < -0.3 is 23.4 Å². The van der Waals surface area contributed by atoms with Gasteiger partial charge in [-0.1, -0.05) is 26.2 Å². The SMILES string of the molecule is CCCCCCc1cc2c3c(c(=O)oc2cc1OCc1cc(OC)c(OC)c(OC)c1)CCCC3. The van der Waals surface area contributed by atoms with Gasteiger partial charge in [0, 0.05) is 17.0 Å². The van der Waals surface area contributed by atoms with Gasteiger partial charge in [-0.2, -0.15) is 0 Å². The highest BCUT2D eigenvalue weighted by atomic mass is 16.5. The molecule has 1 heterocycles. The van der Waals surface area contributed by atoms with Crippen molar-refractivity contribution in [3.63, 3.8) is 0 Å². The zero-order valence-corrected chi connectivity index (χ0v) is 21.3. The second-order valence-corrected chi connectivity index (χ2v) is 9.14. The van der Waals surface area contributed by atoms with Crippen LogP contribution in [0.4, 0.5) is 0 Å². The fourth-order valence-corrected chi connectivity index (χ4v) is 4.97. The van der Waals surface area contributed by atoms with E-state index >= 15 is 0 Å². The standard InChI is InChI=1S/C29H36O6/c1-5-6-7-8-11-20-16-23-21-12-9-10-13-22(21)29(30)35-25(23)17-24(20)34-18-19-14-26(31-2)28(33-4)27(15-19)32-3/h14-17H,5-13,18H2,1-4H3. The molecule has 0 amide bonds. The monoisotopic (exact) mass is 480 g/mol. The number of methoxy groups -OCH3 is 3. The lowest BCUT2D eigenvalue weighted by Crippen LogP contribution is -2.16. The molecule has 2 aromatic carbocycles. The molecule has 1 aromatic heterocycles. The first-order chi connectivity index (χ1) is 17.1. The summed E-state index contributed by atoms with van der Waals surface area (Å²) in [6, 6.07) is 7.87. The number of unbranched alkanes of at least 4 members (excludes halogenated alkanes) is 3. The van der Waals surface area contributed by atoms with E-state index in [2.05, 4.69) is 13.0 Å². The Balaban J connectivity index is 1.69. The van der Waals surface area contributed by atoms with Crippen LogP contribution in [0, 0.1) is 0 Å². The van der Waals surface area contributed by atoms with Gasteiger partial charge in [0.05, 0.1) is 21.3 Å². The maximum atomic E-state index is 12.7. The molecule has 0 spiro atoms. The molecule has 1 aliphatic carbocycles. The van der Waals surface area contributed by atoms with Gasteiger partial charge in [0.1, 0.15) is 17.9 Å². The van der Waals surface area contributed by atoms with Crippen LogP contribution in [0.3, 0.4) is 0 Å². The average Bonchev–Trinajstić information content (AvgIpc) is 2.89. The first-order valence-corrected chi connectivity index (χ1v) is 12.6. The summed E-state index contributed by atoms with van der Waals surface area (Å²) in [5.41, 5.74) is 4.46. The largest absolute Gasteiger partial charge is 0.493 e. The van der Waals surface area contributed by atoms with Gasteiger partial charge in [0.15, 0.2) is 11.5 Å². The third-order valence-corrected chi connectivity index (χ3v) is 6.82. The minimum absolute atomic E-state index is 0.210. The summed E-state index contributed by atoms with van der Waals surface area (Å²) in [7, 11) is 4.79. The number of fused-ring (bicyclic) bond motifs is 3. The van der Waals surface area contributed by atoms with Gasteiger partial charge in [0.2, 0.25) is 5.75 Å². The van der Waals surface area contributed by atoms with Gasteiger partial charge >= 0.3 is 5.63 Å². The summed E-state index contributed by atoms with van der Waals surface area (Å²) in [4.78, 5) is 12.7. The van der Waals surface area contributed by atoms with Crippen molar-refractivity contribution in [2.45, 2.75) is 71.3 Å². The predicted molar refractivity (Wildman–Crippen MR) is 137 cm³/mol. The van der Waals surface area contributed by atoms with Gasteiger partial charge in [-0.05, 0) is 73.4 Å². The molecular formula is C29H36O6. The summed E-state index contributed by atoms with van der Waals surface area (Å²) in [5, 5.41) is 1.06. The lowest BCUT2D eigenvalue weighted by molar-refractivity contribution is 0.295. The Labute approximate surface area is 207 Å². The van der Waals surface area contributed by atoms with E-state index < -0.39 is 0 Å². The summed E-state index contributed by atoms with van der Waals surface area (Å²) in [6.45, 7) is 2.54. The van der Waals surface area contributed by atoms with Gasteiger partial charge in [0.25, 0.3) is 0 Å². The van der Waals surface area contributed by atoms with Gasteiger partial charge in [-0.3, -0.25) is 0 Å². The number of ether oxygens (including phenoxy) is 4. The summed E-state index contributed by atoms with van der Waals surface area (Å²) >= 11 is 0. The molecule has 188 valence electrons. The van der Waals surface area contributed by atoms with Crippen molar-refractivity contribution in [2.75, 3.05) is 21.3 Å². The smallest absolute Gasteiger partial charge is 0.339 e. The van der Waals surface area contributed by atoms with Crippen LogP contribution in [0.15, 0.2) is 33.5 Å². The van der Waals surface area contributed by atoms with Crippen LogP contribution in [0.25, 0.3) is 11.0 Å². The second kappa shape index (κ2) is 11.5. The van der Waals surface area contributed by atoms with Crippen LogP contribution in [0.1, 0.15) is 67.7 Å². The van der Waals surface area contributed by atoms with Crippen molar-refractivity contribution >= 4 is 11.0 Å². The molecule has 0 N–H and O–H groups in total. The van der Waals surface area contributed by atoms with E-state index in [4.69, 9.17) is 23.4 Å². The topological polar surface area (TPSA) is 67.1 Å². The van der Waals surface area contributed by atoms with Crippen molar-refractivity contribution in [2.24, 2.45) is 0 Å². The van der Waals surface area contributed by atoms with Gasteiger partial charge in [-0.15, -0.1) is 0 Å². The highest BCUT2D eigenvalue weighted by molar-refractivity contribution is 5.84. The van der Waals surface area contributed by atoms with Crippen LogP contribution in [-0.2, 0) is 25.9 Å². The van der Waals surface area contributed by atoms with Crippen LogP contribution in [-0.4, -0.2) is 21.3 Å². The van der Waals surface area contributed by atoms with E-state index in [0.29, 0.717) is 29.4 Å². The first-order valence-electron chi connectivity index (χ1n) is 12.6. The Morgan fingerprint density at radius 1 is 0.829 bits per heavy atom. The predicted octanol–water partition coefficient (Wildman–Crippen LogP) is 6.40. The second-order valence-electron chi connectivity index (χ2n) is 9.14. The highest BCUT2D eigenvalue weighted by Crippen LogP contribution is 2.39. The summed E-state index contributed by atoms with van der Waals surface area (Å²) in [5.74, 6) is 2.47. The Morgan fingerprint density at radius 2 is 1.54 bits per heavy atom. The van der Waals surface area contributed by atoms with Gasteiger partial charge in [-0.25, -0.2) is 4.79 Å². The van der Waals surface area contributed by atoms with Crippen LogP contribution in [0.2, 0.25) is 0 Å². The third-order valence-electron chi connectivity index (χ3n) is 6.82. The summed E-state index contributed by atoms with van der Waals surface area (Å²) < 4.78 is 28.5. The number of hydrogen-bond donors (Lipinski definition) is 0. The van der Waals surface area contributed by atoms with Crippen molar-refractivity contribution < 1.29 is 23.4 Å². The van der Waals surface area contributed by atoms with E-state index in [1.807, 2.05) is 18.2 Å². The fourth-order valence-electron chi connectivity index (χ4n) is 4.97. The molecule has 0 aliphatic heterocycles. The molecular weight excluding hydrogens is 444 g/mol. The molecule has 0 fully saturated rings. The zero-order valence-electron chi connectivity index (χ0n) is 21.3. The van der Waals surface area contributed by atoms with E-state index in [9.17, 15) is 4.79 Å². The van der Waals surface area contributed by atoms with E-state index in [1.54, 1.807) is 21.3 Å². The summed E-state index contributed by atoms with van der Waals surface area (Å²) in [6.07, 6.45) is 9.51. The normalized spacial score (nSPS) is 12.9. The minimum Gasteiger partial charge on any atom is -0.493 e. The van der Waals surface area contributed by atoms with E-state index in [0.717, 1.165) is 71.9 Å². The highest BCUT2D eigenvalue weighted by Gasteiger charge is 2.20. The first kappa shape index (κ1) is 25.0. The van der Waals surface area contributed by atoms with Crippen LogP contribution in [0.5, 0.6) is 23.0 Å². The van der Waals surface area contributed by atoms with Crippen molar-refractivity contribution in [1.29, 1.82) is 0 Å². The van der Waals surface area contributed by atoms with Crippen molar-refractivity contribution in [3.05, 3.63) is 56.9 Å². The molecule has 0 radical (unpaired) electrons. The lowest BCUT2D eigenvalue weighted by Gasteiger charge is -2.19. The zero-order chi connectivity index (χ0) is 24.8. The fraction of sp³-hybridized carbons (Fsp3) is 0.483. The average molecular weight is 481 g/mol. The molecule has 1 aliphatic rings. The Morgan fingerprint density at radius 3 is 2.20 bits per heavy atom. The maximum Gasteiger partial charge on any atom is 0.339 e. The van der Waals surface area contributed by atoms with Crippen molar-refractivity contribution in [3.8, 4) is 23.0 Å². The molecule has 35 heavy (non-hydrogen) atoms. The van der Waals surface area contributed by atoms with E-state index in [1.165, 1.54) is 19.3 Å². The molecule has 4 rings (SSSR count). The van der Waals surface area contributed by atoms with Crippen LogP contribution < -0.4 is 24.6 Å². The molecule has 0 saturated carbocycles. The lowest BCUT2D eigenvalue weighted by atomic mass is 9.89. The molecule has 0 bridgehead atoms. The Bertz CT molecular complexity index is 1200. The third kappa shape index (κ3) is 5.42.